The second kappa shape index (κ2) is 29.4. The van der Waals surface area contributed by atoms with Crippen molar-refractivity contribution in [2.75, 3.05) is 18.8 Å². The summed E-state index contributed by atoms with van der Waals surface area (Å²) in [6.07, 6.45) is 12.8. The Hall–Kier alpha value is -4.38. The number of carbonyl (C=O) groups is 7. The molecule has 2 rings (SSSR count). The van der Waals surface area contributed by atoms with Gasteiger partial charge in [0.15, 0.2) is 0 Å². The van der Waals surface area contributed by atoms with E-state index in [-0.39, 0.29) is 37.2 Å². The summed E-state index contributed by atoms with van der Waals surface area (Å²) in [6, 6.07) is -2.69. The molecule has 0 fully saturated rings. The molecule has 0 saturated heterocycles. The van der Waals surface area contributed by atoms with Crippen molar-refractivity contribution in [2.24, 2.45) is 23.5 Å². The number of unbranched alkanes of at least 4 members (excludes halogenated alkanes) is 2. The summed E-state index contributed by atoms with van der Waals surface area (Å²) in [5, 5.41) is 33.5. The third-order valence-corrected chi connectivity index (χ3v) is 13.9. The van der Waals surface area contributed by atoms with Gasteiger partial charge in [-0.1, -0.05) is 79.1 Å². The number of hydrogen-bond acceptors (Lipinski definition) is 11. The van der Waals surface area contributed by atoms with Crippen molar-refractivity contribution in [3.05, 3.63) is 22.3 Å². The fraction of sp³-hybridized carbons (Fsp3) is 0.735. The number of amides is 3. The van der Waals surface area contributed by atoms with Gasteiger partial charge in [0.25, 0.3) is 0 Å². The number of nitrogens with two attached hydrogens (primary N) is 1. The Morgan fingerprint density at radius 3 is 2.00 bits per heavy atom. The number of thioether (sulfide) groups is 1. The summed E-state index contributed by atoms with van der Waals surface area (Å²) in [5.41, 5.74) is 8.52. The zero-order valence-electron chi connectivity index (χ0n) is 40.8. The molecule has 16 nitrogen and oxygen atoms in total. The monoisotopic (exact) mass is 949 g/mol. The number of carbonyl (C=O) groups excluding carboxylic acids is 4. The molecule has 66 heavy (non-hydrogen) atoms. The zero-order valence-corrected chi connectivity index (χ0v) is 41.6. The van der Waals surface area contributed by atoms with E-state index in [4.69, 9.17) is 30.5 Å². The first-order valence-electron chi connectivity index (χ1n) is 23.9. The molecule has 1 heterocycles. The maximum Gasteiger partial charge on any atom is 0.322 e. The molecule has 0 spiro atoms. The van der Waals surface area contributed by atoms with Crippen LogP contribution in [0.25, 0.3) is 0 Å². The molecule has 0 aromatic heterocycles. The molecule has 0 radical (unpaired) electrons. The molecule has 8 N–H and O–H groups in total. The zero-order chi connectivity index (χ0) is 49.6. The van der Waals surface area contributed by atoms with Gasteiger partial charge in [-0.2, -0.15) is 0 Å². The van der Waals surface area contributed by atoms with Gasteiger partial charge in [0.1, 0.15) is 35.7 Å². The quantitative estimate of drug-likeness (QED) is 0.0209. The number of hydrogen-bond donors (Lipinski definition) is 7. The number of esters is 1. The van der Waals surface area contributed by atoms with E-state index >= 15 is 0 Å². The van der Waals surface area contributed by atoms with Crippen LogP contribution in [0.3, 0.4) is 0 Å². The second-order valence-corrected chi connectivity index (χ2v) is 20.4. The Morgan fingerprint density at radius 2 is 1.39 bits per heavy atom. The van der Waals surface area contributed by atoms with Crippen molar-refractivity contribution in [3.8, 4) is 11.5 Å². The highest BCUT2D eigenvalue weighted by Crippen LogP contribution is 2.45. The van der Waals surface area contributed by atoms with E-state index in [0.29, 0.717) is 30.9 Å². The molecular formula is C49H80N4O12S. The van der Waals surface area contributed by atoms with E-state index in [9.17, 15) is 33.6 Å². The van der Waals surface area contributed by atoms with Crippen LogP contribution in [0.2, 0.25) is 0 Å². The highest BCUT2D eigenvalue weighted by atomic mass is 32.2. The van der Waals surface area contributed by atoms with E-state index < -0.39 is 71.9 Å². The van der Waals surface area contributed by atoms with Crippen molar-refractivity contribution >= 4 is 53.4 Å². The predicted octanol–water partition coefficient (Wildman–Crippen LogP) is 7.17. The highest BCUT2D eigenvalue weighted by molar-refractivity contribution is 8.00. The van der Waals surface area contributed by atoms with Gasteiger partial charge in [0.2, 0.25) is 17.7 Å². The summed E-state index contributed by atoms with van der Waals surface area (Å²) in [5.74, 6) is -3.31. The molecule has 1 aromatic rings. The molecule has 1 aromatic carbocycles. The first-order chi connectivity index (χ1) is 31.0. The van der Waals surface area contributed by atoms with Gasteiger partial charge in [-0.25, -0.2) is 0 Å². The number of nitrogens with one attached hydrogen (secondary N) is 3. The second-order valence-electron chi connectivity index (χ2n) is 19.1. The fourth-order valence-corrected chi connectivity index (χ4v) is 9.36. The van der Waals surface area contributed by atoms with Crippen LogP contribution in [0.4, 0.5) is 0 Å². The van der Waals surface area contributed by atoms with Crippen LogP contribution in [0, 0.1) is 38.5 Å². The largest absolute Gasteiger partial charge is 0.487 e. The van der Waals surface area contributed by atoms with E-state index in [2.05, 4.69) is 50.6 Å². The summed E-state index contributed by atoms with van der Waals surface area (Å²) in [4.78, 5) is 86.5. The van der Waals surface area contributed by atoms with Gasteiger partial charge < -0.3 is 46.5 Å². The Bertz CT molecular complexity index is 1790. The standard InChI is InChI=1S/C49H80N4O12S/c1-30(2)15-12-16-31(3)17-13-18-32(4)19-14-24-49(8)25-23-36-35(7)44(33(5)34(6)45(36)65-49)64-43(59)27-39(47(61)51-26-11-9-10-20-41(55)56)66-29-38(46(60)52-28-42(57)58)53-40(54)22-21-37(50)48(62)63/h30-32,37-39H,9-29,50H2,1-8H3,(H,51,61)(H,52,60)(H,53,54)(H,55,56)(H,57,58)(H,62,63)/t31?,32?,37-,38-,39?,49?/m0/s1. The Labute approximate surface area is 396 Å². The topological polar surface area (TPSA) is 261 Å². The third kappa shape index (κ3) is 21.5. The molecule has 3 amide bonds. The number of fused-ring (bicyclic) bond motifs is 1. The SMILES string of the molecule is Cc1c(C)c2c(c(C)c1OC(=O)CC(SC[C@H](NC(=O)CC[C@H](N)C(=O)O)C(=O)NCC(=O)O)C(=O)NCCCCCC(=O)O)CCC(C)(CCCC(C)CCCC(C)CCCC(C)C)O2. The van der Waals surface area contributed by atoms with Gasteiger partial charge >= 0.3 is 23.9 Å². The van der Waals surface area contributed by atoms with Gasteiger partial charge in [0, 0.05) is 30.7 Å². The molecule has 6 atom stereocenters. The summed E-state index contributed by atoms with van der Waals surface area (Å²) >= 11 is 0.880. The number of carboxylic acid groups (broad SMARTS) is 3. The van der Waals surface area contributed by atoms with Gasteiger partial charge in [-0.15, -0.1) is 11.8 Å². The molecule has 4 unspecified atom stereocenters. The smallest absolute Gasteiger partial charge is 0.322 e. The molecule has 17 heteroatoms. The molecule has 0 saturated carbocycles. The van der Waals surface area contributed by atoms with Crippen molar-refractivity contribution in [3.63, 3.8) is 0 Å². The van der Waals surface area contributed by atoms with Crippen molar-refractivity contribution < 1.29 is 58.4 Å². The molecule has 0 aliphatic carbocycles. The predicted molar refractivity (Wildman–Crippen MR) is 256 cm³/mol. The first-order valence-corrected chi connectivity index (χ1v) is 25.0. The lowest BCUT2D eigenvalue weighted by molar-refractivity contribution is -0.139. The van der Waals surface area contributed by atoms with Crippen LogP contribution >= 0.6 is 11.8 Å². The number of rotatable bonds is 33. The van der Waals surface area contributed by atoms with Crippen molar-refractivity contribution in [1.29, 1.82) is 0 Å². The maximum absolute atomic E-state index is 13.8. The molecule has 1 aliphatic rings. The number of benzene rings is 1. The van der Waals surface area contributed by atoms with Crippen LogP contribution in [-0.2, 0) is 40.0 Å². The molecular weight excluding hydrogens is 869 g/mol. The van der Waals surface area contributed by atoms with Crippen LogP contribution in [0.15, 0.2) is 0 Å². The lowest BCUT2D eigenvalue weighted by atomic mass is 9.83. The minimum Gasteiger partial charge on any atom is -0.487 e. The normalized spacial score (nSPS) is 16.8. The van der Waals surface area contributed by atoms with Gasteiger partial charge in [-0.05, 0) is 107 Å². The lowest BCUT2D eigenvalue weighted by Gasteiger charge is -2.38. The van der Waals surface area contributed by atoms with Gasteiger partial charge in [-0.3, -0.25) is 33.6 Å². The number of ether oxygens (including phenoxy) is 2. The van der Waals surface area contributed by atoms with E-state index in [1.807, 2.05) is 20.8 Å². The van der Waals surface area contributed by atoms with Crippen molar-refractivity contribution in [2.45, 2.75) is 194 Å². The van der Waals surface area contributed by atoms with Crippen LogP contribution in [0.5, 0.6) is 11.5 Å². The minimum atomic E-state index is -1.37. The van der Waals surface area contributed by atoms with E-state index in [0.717, 1.165) is 83.7 Å². The minimum absolute atomic E-state index is 0.0120. The van der Waals surface area contributed by atoms with Crippen LogP contribution in [-0.4, -0.2) is 98.7 Å². The summed E-state index contributed by atoms with van der Waals surface area (Å²) in [7, 11) is 0. The molecule has 0 bridgehead atoms. The summed E-state index contributed by atoms with van der Waals surface area (Å²) < 4.78 is 12.8. The average molecular weight is 949 g/mol. The maximum atomic E-state index is 13.8. The van der Waals surface area contributed by atoms with Crippen molar-refractivity contribution in [1.82, 2.24) is 16.0 Å². The van der Waals surface area contributed by atoms with Crippen LogP contribution in [0.1, 0.15) is 166 Å². The number of carboxylic acids is 3. The third-order valence-electron chi connectivity index (χ3n) is 12.6. The summed E-state index contributed by atoms with van der Waals surface area (Å²) in [6.45, 7) is 16.6. The Balaban J connectivity index is 2.18. The highest BCUT2D eigenvalue weighted by Gasteiger charge is 2.36. The van der Waals surface area contributed by atoms with E-state index in [1.165, 1.54) is 38.5 Å². The Morgan fingerprint density at radius 1 is 0.758 bits per heavy atom. The van der Waals surface area contributed by atoms with Crippen LogP contribution < -0.4 is 31.2 Å². The van der Waals surface area contributed by atoms with Gasteiger partial charge in [0.05, 0.1) is 11.7 Å². The average Bonchev–Trinajstić information content (AvgIpc) is 3.24. The Kier molecular flexibility index (Phi) is 25.7. The molecule has 1 aliphatic heterocycles. The molecule has 374 valence electrons. The first kappa shape index (κ1) is 57.7. The fourth-order valence-electron chi connectivity index (χ4n) is 8.21. The number of aliphatic carboxylic acids is 3. The lowest BCUT2D eigenvalue weighted by Crippen LogP contribution is -2.50. The van der Waals surface area contributed by atoms with E-state index in [1.54, 1.807) is 0 Å².